The molecule has 2 amide bonds. The van der Waals surface area contributed by atoms with Gasteiger partial charge in [-0.3, -0.25) is 14.5 Å². The third-order valence-electron chi connectivity index (χ3n) is 4.11. The molecule has 1 heterocycles. The first-order valence-corrected chi connectivity index (χ1v) is 7.97. The van der Waals surface area contributed by atoms with Crippen molar-refractivity contribution in [2.75, 3.05) is 13.2 Å². The summed E-state index contributed by atoms with van der Waals surface area (Å²) in [6, 6.07) is 4.82. The maximum atomic E-state index is 14.3. The lowest BCUT2D eigenvalue weighted by atomic mass is 9.95. The molecule has 0 saturated heterocycles. The molecule has 1 aliphatic heterocycles. The van der Waals surface area contributed by atoms with Gasteiger partial charge in [-0.25, -0.2) is 17.6 Å². The second kappa shape index (κ2) is 7.32. The average molecular weight is 379 g/mol. The minimum atomic E-state index is -1.10. The molecule has 140 valence electrons. The Balaban J connectivity index is 2.24. The molecule has 2 aromatic rings. The predicted molar refractivity (Wildman–Crippen MR) is 88.0 cm³/mol. The lowest BCUT2D eigenvalue weighted by Gasteiger charge is -2.14. The van der Waals surface area contributed by atoms with Crippen LogP contribution in [0.1, 0.15) is 17.5 Å². The van der Waals surface area contributed by atoms with Gasteiger partial charge in [-0.2, -0.15) is 0 Å². The van der Waals surface area contributed by atoms with Gasteiger partial charge in [-0.05, 0) is 30.7 Å². The van der Waals surface area contributed by atoms with Gasteiger partial charge in [0.25, 0.3) is 11.8 Å². The van der Waals surface area contributed by atoms with Gasteiger partial charge in [0.2, 0.25) is 0 Å². The number of nitrogens with zero attached hydrogens (tertiary/aromatic N) is 1. The van der Waals surface area contributed by atoms with Gasteiger partial charge in [-0.1, -0.05) is 0 Å². The predicted octanol–water partition coefficient (Wildman–Crippen LogP) is 2.91. The molecule has 0 aliphatic carbocycles. The third kappa shape index (κ3) is 3.35. The number of halogens is 4. The first-order valence-electron chi connectivity index (χ1n) is 7.97. The van der Waals surface area contributed by atoms with Gasteiger partial charge < -0.3 is 5.11 Å². The molecular formula is C19H13F4NO3. The monoisotopic (exact) mass is 379 g/mol. The number of imide groups is 1. The quantitative estimate of drug-likeness (QED) is 0.642. The Labute approximate surface area is 151 Å². The Morgan fingerprint density at radius 2 is 1.22 bits per heavy atom. The molecule has 0 atom stereocenters. The summed E-state index contributed by atoms with van der Waals surface area (Å²) >= 11 is 0. The first-order chi connectivity index (χ1) is 12.8. The molecule has 0 bridgehead atoms. The maximum absolute atomic E-state index is 14.3. The molecule has 0 aromatic heterocycles. The number of aliphatic hydroxyl groups is 1. The van der Waals surface area contributed by atoms with Gasteiger partial charge >= 0.3 is 0 Å². The smallest absolute Gasteiger partial charge is 0.262 e. The number of aliphatic hydroxyl groups excluding tert-OH is 1. The normalized spacial score (nSPS) is 14.5. The number of hydrogen-bond donors (Lipinski definition) is 1. The van der Waals surface area contributed by atoms with Crippen LogP contribution in [0, 0.1) is 23.3 Å². The van der Waals surface area contributed by atoms with E-state index in [1.165, 1.54) is 0 Å². The van der Waals surface area contributed by atoms with E-state index in [1.54, 1.807) is 0 Å². The summed E-state index contributed by atoms with van der Waals surface area (Å²) in [5.74, 6) is -5.79. The van der Waals surface area contributed by atoms with Crippen molar-refractivity contribution in [2.45, 2.75) is 6.42 Å². The second-order valence-electron chi connectivity index (χ2n) is 5.84. The van der Waals surface area contributed by atoms with E-state index >= 15 is 0 Å². The summed E-state index contributed by atoms with van der Waals surface area (Å²) in [6.45, 7) is -0.482. The van der Waals surface area contributed by atoms with Crippen LogP contribution < -0.4 is 0 Å². The van der Waals surface area contributed by atoms with Gasteiger partial charge in [0.05, 0.1) is 11.1 Å². The van der Waals surface area contributed by atoms with E-state index < -0.39 is 46.2 Å². The summed E-state index contributed by atoms with van der Waals surface area (Å²) in [6.07, 6.45) is 0.0653. The van der Waals surface area contributed by atoms with Crippen molar-refractivity contribution >= 4 is 23.0 Å². The lowest BCUT2D eigenvalue weighted by Crippen LogP contribution is -2.33. The molecule has 2 aromatic carbocycles. The molecule has 27 heavy (non-hydrogen) atoms. The zero-order valence-electron chi connectivity index (χ0n) is 13.8. The number of amides is 2. The second-order valence-corrected chi connectivity index (χ2v) is 5.84. The zero-order chi connectivity index (χ0) is 19.7. The van der Waals surface area contributed by atoms with Crippen molar-refractivity contribution in [1.29, 1.82) is 0 Å². The SMILES string of the molecule is O=C1C(c2ccc(F)cc2F)=C(c2ccc(F)cc2F)C(=O)N1CCCO. The van der Waals surface area contributed by atoms with E-state index in [1.807, 2.05) is 0 Å². The van der Waals surface area contributed by atoms with Crippen LogP contribution in [0.4, 0.5) is 17.6 Å². The van der Waals surface area contributed by atoms with Crippen molar-refractivity contribution in [1.82, 2.24) is 4.90 Å². The van der Waals surface area contributed by atoms with Crippen LogP contribution in [0.2, 0.25) is 0 Å². The molecule has 1 aliphatic rings. The molecule has 0 unspecified atom stereocenters. The van der Waals surface area contributed by atoms with Crippen molar-refractivity contribution in [3.63, 3.8) is 0 Å². The molecule has 0 radical (unpaired) electrons. The minimum Gasteiger partial charge on any atom is -0.396 e. The standard InChI is InChI=1S/C19H13F4NO3/c20-10-2-4-12(14(22)8-10)16-17(13-5-3-11(21)9-15(13)23)19(27)24(18(16)26)6-1-7-25/h2-5,8-9,25H,1,6-7H2. The van der Waals surface area contributed by atoms with Crippen molar-refractivity contribution < 1.29 is 32.3 Å². The fraction of sp³-hybridized carbons (Fsp3) is 0.158. The summed E-state index contributed by atoms with van der Waals surface area (Å²) in [5, 5.41) is 8.95. The highest BCUT2D eigenvalue weighted by Gasteiger charge is 2.41. The van der Waals surface area contributed by atoms with Crippen LogP contribution in [-0.4, -0.2) is 35.0 Å². The Kier molecular flexibility index (Phi) is 5.09. The topological polar surface area (TPSA) is 57.6 Å². The summed E-state index contributed by atoms with van der Waals surface area (Å²) in [4.78, 5) is 26.2. The van der Waals surface area contributed by atoms with Gasteiger partial charge in [0, 0.05) is 36.4 Å². The molecule has 3 rings (SSSR count). The van der Waals surface area contributed by atoms with E-state index in [2.05, 4.69) is 0 Å². The van der Waals surface area contributed by atoms with E-state index in [0.717, 1.165) is 29.2 Å². The van der Waals surface area contributed by atoms with Gasteiger partial charge in [0.1, 0.15) is 23.3 Å². The zero-order valence-corrected chi connectivity index (χ0v) is 13.8. The van der Waals surface area contributed by atoms with E-state index in [-0.39, 0.29) is 30.7 Å². The number of carbonyl (C=O) groups excluding carboxylic acids is 2. The van der Waals surface area contributed by atoms with Crippen LogP contribution in [0.3, 0.4) is 0 Å². The van der Waals surface area contributed by atoms with Crippen LogP contribution in [-0.2, 0) is 9.59 Å². The van der Waals surface area contributed by atoms with Gasteiger partial charge in [-0.15, -0.1) is 0 Å². The Bertz CT molecular complexity index is 898. The van der Waals surface area contributed by atoms with Crippen molar-refractivity contribution in [2.24, 2.45) is 0 Å². The highest BCUT2D eigenvalue weighted by molar-refractivity contribution is 6.49. The van der Waals surface area contributed by atoms with E-state index in [9.17, 15) is 27.2 Å². The largest absolute Gasteiger partial charge is 0.396 e. The van der Waals surface area contributed by atoms with E-state index in [4.69, 9.17) is 5.11 Å². The fourth-order valence-corrected chi connectivity index (χ4v) is 2.89. The number of carbonyl (C=O) groups is 2. The summed E-state index contributed by atoms with van der Waals surface area (Å²) in [7, 11) is 0. The molecule has 0 fully saturated rings. The molecular weight excluding hydrogens is 366 g/mol. The molecule has 4 nitrogen and oxygen atoms in total. The molecule has 0 saturated carbocycles. The van der Waals surface area contributed by atoms with Crippen LogP contribution in [0.5, 0.6) is 0 Å². The van der Waals surface area contributed by atoms with E-state index in [0.29, 0.717) is 12.1 Å². The minimum absolute atomic E-state index is 0.0653. The Morgan fingerprint density at radius 3 is 1.59 bits per heavy atom. The summed E-state index contributed by atoms with van der Waals surface area (Å²) in [5.41, 5.74) is -1.64. The van der Waals surface area contributed by atoms with Crippen molar-refractivity contribution in [3.8, 4) is 0 Å². The highest BCUT2D eigenvalue weighted by atomic mass is 19.1. The Hall–Kier alpha value is -3.00. The number of hydrogen-bond acceptors (Lipinski definition) is 3. The molecule has 1 N–H and O–H groups in total. The lowest BCUT2D eigenvalue weighted by molar-refractivity contribution is -0.136. The van der Waals surface area contributed by atoms with Gasteiger partial charge in [0.15, 0.2) is 0 Å². The Morgan fingerprint density at radius 1 is 0.778 bits per heavy atom. The average Bonchev–Trinajstić information content (AvgIpc) is 2.84. The first kappa shape index (κ1) is 18.8. The summed E-state index contributed by atoms with van der Waals surface area (Å²) < 4.78 is 55.0. The van der Waals surface area contributed by atoms with Crippen molar-refractivity contribution in [3.05, 3.63) is 70.8 Å². The third-order valence-corrected chi connectivity index (χ3v) is 4.11. The number of benzene rings is 2. The maximum Gasteiger partial charge on any atom is 0.262 e. The highest BCUT2D eigenvalue weighted by Crippen LogP contribution is 2.37. The van der Waals surface area contributed by atoms with Crippen LogP contribution >= 0.6 is 0 Å². The molecule has 0 spiro atoms. The van der Waals surface area contributed by atoms with Crippen LogP contribution in [0.25, 0.3) is 11.1 Å². The molecule has 8 heteroatoms. The number of rotatable bonds is 5. The fourth-order valence-electron chi connectivity index (χ4n) is 2.89. The van der Waals surface area contributed by atoms with Crippen LogP contribution in [0.15, 0.2) is 36.4 Å².